The molecule has 5 nitrogen and oxygen atoms in total. The molecule has 0 N–H and O–H groups in total. The Morgan fingerprint density at radius 2 is 1.77 bits per heavy atom. The van der Waals surface area contributed by atoms with Crippen LogP contribution in [0.3, 0.4) is 0 Å². The van der Waals surface area contributed by atoms with Crippen LogP contribution in [0.25, 0.3) is 0 Å². The molecule has 0 saturated carbocycles. The van der Waals surface area contributed by atoms with E-state index in [1.54, 1.807) is 0 Å². The molecule has 2 aliphatic heterocycles. The van der Waals surface area contributed by atoms with Crippen molar-refractivity contribution >= 4 is 11.8 Å². The van der Waals surface area contributed by atoms with Crippen molar-refractivity contribution < 1.29 is 9.53 Å². The molecule has 30 heavy (non-hydrogen) atoms. The van der Waals surface area contributed by atoms with Crippen molar-refractivity contribution in [1.82, 2.24) is 9.80 Å². The molecule has 5 heteroatoms. The second-order valence-corrected chi connectivity index (χ2v) is 9.04. The fourth-order valence-corrected chi connectivity index (χ4v) is 5.50. The van der Waals surface area contributed by atoms with E-state index in [-0.39, 0.29) is 12.1 Å². The highest BCUT2D eigenvalue weighted by molar-refractivity contribution is 5.70. The van der Waals surface area contributed by atoms with E-state index < -0.39 is 0 Å². The Morgan fingerprint density at radius 3 is 2.53 bits per heavy atom. The molecule has 2 aromatic rings. The number of carbonyl (C=O) groups is 1. The first-order chi connectivity index (χ1) is 14.6. The van der Waals surface area contributed by atoms with Crippen LogP contribution in [-0.4, -0.2) is 55.7 Å². The van der Waals surface area contributed by atoms with E-state index in [1.807, 2.05) is 35.2 Å². The Kier molecular flexibility index (Phi) is 5.15. The maximum absolute atomic E-state index is 13.0. The van der Waals surface area contributed by atoms with E-state index in [2.05, 4.69) is 42.0 Å². The number of fused-ring (bicyclic) bond motifs is 5. The largest absolute Gasteiger partial charge is 0.445 e. The molecule has 5 rings (SSSR count). The number of anilines is 1. The van der Waals surface area contributed by atoms with Crippen LogP contribution in [0, 0.1) is 5.92 Å². The van der Waals surface area contributed by atoms with Gasteiger partial charge in [-0.2, -0.15) is 0 Å². The summed E-state index contributed by atoms with van der Waals surface area (Å²) in [6, 6.07) is 17.0. The van der Waals surface area contributed by atoms with Gasteiger partial charge in [-0.25, -0.2) is 4.79 Å². The predicted molar refractivity (Wildman–Crippen MR) is 119 cm³/mol. The Hall–Kier alpha value is -2.53. The van der Waals surface area contributed by atoms with Crippen LogP contribution in [-0.2, 0) is 11.3 Å². The summed E-state index contributed by atoms with van der Waals surface area (Å²) >= 11 is 0. The van der Waals surface area contributed by atoms with Crippen LogP contribution >= 0.6 is 0 Å². The van der Waals surface area contributed by atoms with Gasteiger partial charge in [0.05, 0.1) is 6.04 Å². The normalized spacial score (nSPS) is 25.9. The number of piperidine rings is 1. The third-order valence-corrected chi connectivity index (χ3v) is 7.25. The van der Waals surface area contributed by atoms with E-state index in [1.165, 1.54) is 16.8 Å². The molecule has 1 amide bonds. The molecule has 2 aromatic carbocycles. The van der Waals surface area contributed by atoms with Gasteiger partial charge >= 0.3 is 6.09 Å². The monoisotopic (exact) mass is 405 g/mol. The van der Waals surface area contributed by atoms with Crippen LogP contribution < -0.4 is 4.90 Å². The first-order valence-electron chi connectivity index (χ1n) is 11.2. The van der Waals surface area contributed by atoms with E-state index in [0.29, 0.717) is 18.4 Å². The van der Waals surface area contributed by atoms with Gasteiger partial charge in [0.15, 0.2) is 0 Å². The second-order valence-electron chi connectivity index (χ2n) is 9.04. The number of hydrogen-bond donors (Lipinski definition) is 0. The maximum Gasteiger partial charge on any atom is 0.410 e. The maximum atomic E-state index is 13.0. The number of ether oxygens (including phenoxy) is 1. The van der Waals surface area contributed by atoms with Crippen LogP contribution in [0.1, 0.15) is 42.0 Å². The number of carbonyl (C=O) groups excluding carboxylic acids is 1. The topological polar surface area (TPSA) is 36.0 Å². The highest BCUT2D eigenvalue weighted by Crippen LogP contribution is 2.53. The number of nitrogens with zero attached hydrogens (tertiary/aromatic N) is 3. The number of hydrogen-bond acceptors (Lipinski definition) is 4. The number of benzene rings is 2. The Bertz CT molecular complexity index is 908. The van der Waals surface area contributed by atoms with Crippen molar-refractivity contribution in [2.24, 2.45) is 5.92 Å². The predicted octanol–water partition coefficient (Wildman–Crippen LogP) is 4.26. The quantitative estimate of drug-likeness (QED) is 0.765. The standard InChI is InChI=1S/C25H31N3O2/c1-18-21-10-11-28(25(29)30-17-19-6-4-3-5-7-19)24(18)23-16-20(8-9-22(21)23)27-14-12-26(2)13-15-27/h3-9,16,18,21,24H,10-15,17H2,1-2H3/t18-,21?,24?/m0/s1. The molecular formula is C25H31N3O2. The summed E-state index contributed by atoms with van der Waals surface area (Å²) in [7, 11) is 2.18. The van der Waals surface area contributed by atoms with Gasteiger partial charge in [0.2, 0.25) is 0 Å². The Morgan fingerprint density at radius 1 is 1.00 bits per heavy atom. The number of piperazine rings is 1. The van der Waals surface area contributed by atoms with Crippen molar-refractivity contribution in [3.63, 3.8) is 0 Å². The summed E-state index contributed by atoms with van der Waals surface area (Å²) in [5.41, 5.74) is 5.08. The molecule has 0 aromatic heterocycles. The summed E-state index contributed by atoms with van der Waals surface area (Å²) in [5.74, 6) is 0.977. The number of likely N-dealkylation sites (N-methyl/N-ethyl adjacent to an activating group) is 1. The smallest absolute Gasteiger partial charge is 0.410 e. The summed E-state index contributed by atoms with van der Waals surface area (Å²) in [4.78, 5) is 19.9. The van der Waals surface area contributed by atoms with Gasteiger partial charge < -0.3 is 19.4 Å². The molecule has 3 aliphatic rings. The Labute approximate surface area is 179 Å². The van der Waals surface area contributed by atoms with Crippen LogP contribution in [0.2, 0.25) is 0 Å². The van der Waals surface area contributed by atoms with Crippen LogP contribution in [0.5, 0.6) is 0 Å². The average Bonchev–Trinajstić information content (AvgIpc) is 2.93. The highest BCUT2D eigenvalue weighted by atomic mass is 16.6. The lowest BCUT2D eigenvalue weighted by atomic mass is 9.86. The van der Waals surface area contributed by atoms with Gasteiger partial charge in [-0.05, 0) is 54.1 Å². The molecule has 2 heterocycles. The van der Waals surface area contributed by atoms with Crippen molar-refractivity contribution in [1.29, 1.82) is 0 Å². The Balaban J connectivity index is 1.36. The molecule has 0 spiro atoms. The minimum atomic E-state index is -0.188. The lowest BCUT2D eigenvalue weighted by molar-refractivity contribution is 0.0531. The van der Waals surface area contributed by atoms with Gasteiger partial charge in [0.1, 0.15) is 6.61 Å². The zero-order chi connectivity index (χ0) is 20.7. The first kappa shape index (κ1) is 19.4. The van der Waals surface area contributed by atoms with Gasteiger partial charge in [-0.1, -0.05) is 43.3 Å². The van der Waals surface area contributed by atoms with Crippen LogP contribution in [0.4, 0.5) is 10.5 Å². The fourth-order valence-electron chi connectivity index (χ4n) is 5.50. The zero-order valence-corrected chi connectivity index (χ0v) is 18.0. The van der Waals surface area contributed by atoms with Gasteiger partial charge in [-0.3, -0.25) is 0 Å². The minimum Gasteiger partial charge on any atom is -0.445 e. The number of likely N-dealkylation sites (tertiary alicyclic amines) is 1. The van der Waals surface area contributed by atoms with Crippen molar-refractivity contribution in [3.8, 4) is 0 Å². The van der Waals surface area contributed by atoms with Gasteiger partial charge in [0, 0.05) is 38.4 Å². The molecule has 3 atom stereocenters. The summed E-state index contributed by atoms with van der Waals surface area (Å²) in [6.45, 7) is 7.70. The van der Waals surface area contributed by atoms with Crippen LogP contribution in [0.15, 0.2) is 48.5 Å². The van der Waals surface area contributed by atoms with Crippen molar-refractivity contribution in [2.45, 2.75) is 31.9 Å². The van der Waals surface area contributed by atoms with E-state index in [0.717, 1.165) is 44.7 Å². The highest BCUT2D eigenvalue weighted by Gasteiger charge is 2.47. The fraction of sp³-hybridized carbons (Fsp3) is 0.480. The summed E-state index contributed by atoms with van der Waals surface area (Å²) in [5, 5.41) is 0. The van der Waals surface area contributed by atoms with Gasteiger partial charge in [-0.15, -0.1) is 0 Å². The molecule has 2 unspecified atom stereocenters. The lowest BCUT2D eigenvalue weighted by Gasteiger charge is -2.38. The molecule has 2 saturated heterocycles. The third kappa shape index (κ3) is 3.45. The van der Waals surface area contributed by atoms with E-state index in [9.17, 15) is 4.79 Å². The summed E-state index contributed by atoms with van der Waals surface area (Å²) in [6.07, 6.45) is 0.825. The molecule has 2 bridgehead atoms. The minimum absolute atomic E-state index is 0.120. The lowest BCUT2D eigenvalue weighted by Crippen LogP contribution is -2.44. The SMILES string of the molecule is C[C@H]1C2CCN(C(=O)OCc3ccccc3)C1c1cc(N3CCN(C)CC3)ccc12. The summed E-state index contributed by atoms with van der Waals surface area (Å²) < 4.78 is 5.71. The molecule has 0 radical (unpaired) electrons. The average molecular weight is 406 g/mol. The van der Waals surface area contributed by atoms with E-state index >= 15 is 0 Å². The van der Waals surface area contributed by atoms with Gasteiger partial charge in [0.25, 0.3) is 0 Å². The first-order valence-corrected chi connectivity index (χ1v) is 11.2. The van der Waals surface area contributed by atoms with Crippen molar-refractivity contribution in [2.75, 3.05) is 44.7 Å². The molecule has 1 aliphatic carbocycles. The number of amides is 1. The molecule has 2 fully saturated rings. The number of rotatable bonds is 3. The zero-order valence-electron chi connectivity index (χ0n) is 18.0. The molecule has 158 valence electrons. The molecular weight excluding hydrogens is 374 g/mol. The second kappa shape index (κ2) is 7.95. The third-order valence-electron chi connectivity index (χ3n) is 7.25. The van der Waals surface area contributed by atoms with E-state index in [4.69, 9.17) is 4.74 Å². The van der Waals surface area contributed by atoms with Crippen molar-refractivity contribution in [3.05, 3.63) is 65.2 Å².